The summed E-state index contributed by atoms with van der Waals surface area (Å²) >= 11 is 0. The molecule has 0 aromatic heterocycles. The van der Waals surface area contributed by atoms with Gasteiger partial charge in [-0.15, -0.1) is 0 Å². The fourth-order valence-electron chi connectivity index (χ4n) is 2.76. The molecule has 1 N–H and O–H groups in total. The Morgan fingerprint density at radius 3 is 2.41 bits per heavy atom. The first-order valence-corrected chi connectivity index (χ1v) is 8.92. The van der Waals surface area contributed by atoms with Crippen molar-refractivity contribution in [1.82, 2.24) is 5.32 Å². The van der Waals surface area contributed by atoms with Gasteiger partial charge >= 0.3 is 0 Å². The molecule has 0 spiro atoms. The van der Waals surface area contributed by atoms with Crippen molar-refractivity contribution in [2.45, 2.75) is 57.4 Å². The largest absolute Gasteiger partial charge is 0.317 e. The highest BCUT2D eigenvalue weighted by atomic mass is 32.2. The van der Waals surface area contributed by atoms with Crippen LogP contribution in [0.2, 0.25) is 0 Å². The van der Waals surface area contributed by atoms with E-state index in [0.29, 0.717) is 11.8 Å². The summed E-state index contributed by atoms with van der Waals surface area (Å²) in [5, 5.41) is 3.32. The predicted octanol–water partition coefficient (Wildman–Crippen LogP) is 2.37. The Balaban J connectivity index is 2.14. The number of hydrogen-bond acceptors (Lipinski definition) is 3. The molecule has 0 heterocycles. The monoisotopic (exact) mass is 261 g/mol. The molecular formula is C13H27NO2S. The highest BCUT2D eigenvalue weighted by molar-refractivity contribution is 7.90. The molecule has 0 saturated heterocycles. The lowest BCUT2D eigenvalue weighted by atomic mass is 9.97. The third kappa shape index (κ3) is 7.04. The molecule has 0 aromatic carbocycles. The molecule has 0 bridgehead atoms. The smallest absolute Gasteiger partial charge is 0.147 e. The zero-order valence-corrected chi connectivity index (χ0v) is 12.1. The zero-order valence-electron chi connectivity index (χ0n) is 11.2. The second-order valence-electron chi connectivity index (χ2n) is 5.49. The van der Waals surface area contributed by atoms with Crippen LogP contribution in [0.3, 0.4) is 0 Å². The topological polar surface area (TPSA) is 46.2 Å². The molecule has 1 aliphatic carbocycles. The van der Waals surface area contributed by atoms with E-state index in [4.69, 9.17) is 0 Å². The summed E-state index contributed by atoms with van der Waals surface area (Å²) in [6, 6.07) is 0.498. The number of hydrogen-bond donors (Lipinski definition) is 1. The number of sulfone groups is 1. The molecule has 1 atom stereocenters. The second kappa shape index (κ2) is 7.37. The van der Waals surface area contributed by atoms with Gasteiger partial charge in [0.15, 0.2) is 0 Å². The quantitative estimate of drug-likeness (QED) is 0.729. The summed E-state index contributed by atoms with van der Waals surface area (Å²) in [5.74, 6) is 1.26. The molecule has 4 heteroatoms. The van der Waals surface area contributed by atoms with Gasteiger partial charge in [0.05, 0.1) is 0 Å². The van der Waals surface area contributed by atoms with Gasteiger partial charge in [0.2, 0.25) is 0 Å². The molecule has 3 nitrogen and oxygen atoms in total. The average Bonchev–Trinajstić information content (AvgIpc) is 2.74. The van der Waals surface area contributed by atoms with Crippen molar-refractivity contribution in [3.63, 3.8) is 0 Å². The van der Waals surface area contributed by atoms with Crippen LogP contribution >= 0.6 is 0 Å². The van der Waals surface area contributed by atoms with Crippen molar-refractivity contribution in [2.75, 3.05) is 19.1 Å². The van der Waals surface area contributed by atoms with Crippen LogP contribution < -0.4 is 5.32 Å². The lowest BCUT2D eigenvalue weighted by Gasteiger charge is -2.18. The minimum atomic E-state index is -2.79. The van der Waals surface area contributed by atoms with E-state index in [1.54, 1.807) is 0 Å². The molecule has 0 amide bonds. The second-order valence-corrected chi connectivity index (χ2v) is 7.75. The number of rotatable bonds is 8. The van der Waals surface area contributed by atoms with Crippen LogP contribution in [-0.2, 0) is 9.84 Å². The van der Waals surface area contributed by atoms with E-state index in [2.05, 4.69) is 5.32 Å². The summed E-state index contributed by atoms with van der Waals surface area (Å²) in [5.41, 5.74) is 0. The molecule has 0 aliphatic heterocycles. The van der Waals surface area contributed by atoms with Crippen molar-refractivity contribution >= 4 is 9.84 Å². The van der Waals surface area contributed by atoms with Crippen molar-refractivity contribution in [2.24, 2.45) is 5.92 Å². The zero-order chi connectivity index (χ0) is 12.7. The molecular weight excluding hydrogens is 234 g/mol. The molecule has 1 unspecified atom stereocenters. The Labute approximate surface area is 106 Å². The van der Waals surface area contributed by atoms with Gasteiger partial charge in [-0.25, -0.2) is 8.42 Å². The molecule has 102 valence electrons. The fourth-order valence-corrected chi connectivity index (χ4v) is 3.45. The van der Waals surface area contributed by atoms with Gasteiger partial charge < -0.3 is 5.32 Å². The molecule has 0 radical (unpaired) electrons. The molecule has 1 aliphatic rings. The maximum Gasteiger partial charge on any atom is 0.147 e. The SMILES string of the molecule is CNC(CCCS(C)(=O)=O)CCC1CCCC1. The lowest BCUT2D eigenvalue weighted by molar-refractivity contribution is 0.404. The average molecular weight is 261 g/mol. The van der Waals surface area contributed by atoms with Crippen molar-refractivity contribution in [1.29, 1.82) is 0 Å². The Kier molecular flexibility index (Phi) is 6.49. The van der Waals surface area contributed by atoms with Crippen molar-refractivity contribution in [3.8, 4) is 0 Å². The lowest BCUT2D eigenvalue weighted by Crippen LogP contribution is -2.26. The fraction of sp³-hybridized carbons (Fsp3) is 1.00. The standard InChI is InChI=1S/C13H27NO2S/c1-14-13(8-5-11-17(2,15)16)10-9-12-6-3-4-7-12/h12-14H,3-11H2,1-2H3. The van der Waals surface area contributed by atoms with E-state index in [0.717, 1.165) is 18.8 Å². The van der Waals surface area contributed by atoms with E-state index < -0.39 is 9.84 Å². The van der Waals surface area contributed by atoms with Crippen LogP contribution in [0.25, 0.3) is 0 Å². The normalized spacial score (nSPS) is 19.6. The molecule has 0 aromatic rings. The Bertz CT molecular complexity index is 295. The summed E-state index contributed by atoms with van der Waals surface area (Å²) in [4.78, 5) is 0. The molecule has 1 rings (SSSR count). The van der Waals surface area contributed by atoms with Crippen LogP contribution in [0.4, 0.5) is 0 Å². The van der Waals surface area contributed by atoms with E-state index >= 15 is 0 Å². The van der Waals surface area contributed by atoms with Crippen LogP contribution in [0.5, 0.6) is 0 Å². The number of nitrogens with one attached hydrogen (secondary N) is 1. The van der Waals surface area contributed by atoms with Crippen molar-refractivity contribution in [3.05, 3.63) is 0 Å². The third-order valence-electron chi connectivity index (χ3n) is 3.87. The van der Waals surface area contributed by atoms with E-state index in [1.807, 2.05) is 7.05 Å². The highest BCUT2D eigenvalue weighted by Crippen LogP contribution is 2.29. The van der Waals surface area contributed by atoms with Gasteiger partial charge in [-0.1, -0.05) is 25.7 Å². The summed E-state index contributed by atoms with van der Waals surface area (Å²) in [6.45, 7) is 0. The summed E-state index contributed by atoms with van der Waals surface area (Å²) in [6.07, 6.45) is 11.2. The van der Waals surface area contributed by atoms with Crippen molar-refractivity contribution < 1.29 is 8.42 Å². The first-order chi connectivity index (χ1) is 8.01. The van der Waals surface area contributed by atoms with Crippen LogP contribution in [0.1, 0.15) is 51.4 Å². The van der Waals surface area contributed by atoms with Gasteiger partial charge in [-0.3, -0.25) is 0 Å². The third-order valence-corrected chi connectivity index (χ3v) is 4.90. The first kappa shape index (κ1) is 15.0. The maximum absolute atomic E-state index is 11.0. The van der Waals surface area contributed by atoms with E-state index in [-0.39, 0.29) is 0 Å². The molecule has 17 heavy (non-hydrogen) atoms. The van der Waals surface area contributed by atoms with Gasteiger partial charge in [0.1, 0.15) is 9.84 Å². The van der Waals surface area contributed by atoms with Crippen LogP contribution in [0.15, 0.2) is 0 Å². The summed E-state index contributed by atoms with van der Waals surface area (Å²) < 4.78 is 22.1. The Morgan fingerprint density at radius 1 is 1.24 bits per heavy atom. The Morgan fingerprint density at radius 2 is 1.88 bits per heavy atom. The van der Waals surface area contributed by atoms with Crippen LogP contribution in [0, 0.1) is 5.92 Å². The first-order valence-electron chi connectivity index (χ1n) is 6.86. The van der Waals surface area contributed by atoms with E-state index in [9.17, 15) is 8.42 Å². The maximum atomic E-state index is 11.0. The van der Waals surface area contributed by atoms with Gasteiger partial charge in [-0.05, 0) is 38.6 Å². The minimum Gasteiger partial charge on any atom is -0.317 e. The van der Waals surface area contributed by atoms with E-state index in [1.165, 1.54) is 44.8 Å². The highest BCUT2D eigenvalue weighted by Gasteiger charge is 2.16. The van der Waals surface area contributed by atoms with Crippen LogP contribution in [-0.4, -0.2) is 33.5 Å². The minimum absolute atomic E-state index is 0.328. The molecule has 1 saturated carbocycles. The molecule has 1 fully saturated rings. The van der Waals surface area contributed by atoms with Gasteiger partial charge in [-0.2, -0.15) is 0 Å². The van der Waals surface area contributed by atoms with Gasteiger partial charge in [0, 0.05) is 18.1 Å². The predicted molar refractivity (Wildman–Crippen MR) is 73.0 cm³/mol. The summed E-state index contributed by atoms with van der Waals surface area (Å²) in [7, 11) is -0.801. The van der Waals surface area contributed by atoms with Gasteiger partial charge in [0.25, 0.3) is 0 Å². The Hall–Kier alpha value is -0.0900.